The van der Waals surface area contributed by atoms with Gasteiger partial charge in [-0.2, -0.15) is 0 Å². The lowest BCUT2D eigenvalue weighted by atomic mass is 9.99. The van der Waals surface area contributed by atoms with Crippen LogP contribution in [0.2, 0.25) is 0 Å². The molecule has 0 saturated heterocycles. The molecule has 5 unspecified atom stereocenters. The average Bonchev–Trinajstić information content (AvgIpc) is 1.24. The molecule has 0 aliphatic heterocycles. The number of hydrogen-bond acceptors (Lipinski definition) is 15. The Labute approximate surface area is 645 Å². The van der Waals surface area contributed by atoms with E-state index in [1.54, 1.807) is 0 Å². The molecule has 0 aliphatic rings. The molecule has 0 saturated carbocycles. The van der Waals surface area contributed by atoms with Gasteiger partial charge in [-0.1, -0.05) is 396 Å². The summed E-state index contributed by atoms with van der Waals surface area (Å²) in [7, 11) is -9.93. The smallest absolute Gasteiger partial charge is 0.462 e. The molecule has 624 valence electrons. The zero-order valence-corrected chi connectivity index (χ0v) is 71.2. The summed E-state index contributed by atoms with van der Waals surface area (Å²) in [5.41, 5.74) is 0. The van der Waals surface area contributed by atoms with Gasteiger partial charge in [0.15, 0.2) is 12.2 Å². The minimum atomic E-state index is -4.97. The molecule has 0 fully saturated rings. The second-order valence-corrected chi connectivity index (χ2v) is 35.0. The quantitative estimate of drug-likeness (QED) is 0.0222. The zero-order valence-electron chi connectivity index (χ0n) is 69.4. The number of carbonyl (C=O) groups is 4. The Morgan fingerprint density at radius 3 is 0.676 bits per heavy atom. The van der Waals surface area contributed by atoms with Crippen LogP contribution < -0.4 is 0 Å². The summed E-state index contributed by atoms with van der Waals surface area (Å²) < 4.78 is 68.9. The molecular weight excluding hydrogens is 1370 g/mol. The highest BCUT2D eigenvalue weighted by Crippen LogP contribution is 2.45. The van der Waals surface area contributed by atoms with Crippen molar-refractivity contribution in [2.45, 2.75) is 465 Å². The summed E-state index contributed by atoms with van der Waals surface area (Å²) in [4.78, 5) is 73.2. The third kappa shape index (κ3) is 75.9. The maximum absolute atomic E-state index is 13.1. The van der Waals surface area contributed by atoms with Crippen molar-refractivity contribution in [3.05, 3.63) is 0 Å². The van der Waals surface area contributed by atoms with Gasteiger partial charge in [-0.3, -0.25) is 37.3 Å². The van der Waals surface area contributed by atoms with Crippen molar-refractivity contribution in [2.24, 2.45) is 23.7 Å². The number of hydrogen-bond donors (Lipinski definition) is 3. The summed E-state index contributed by atoms with van der Waals surface area (Å²) in [5, 5.41) is 10.7. The molecule has 3 N–H and O–H groups in total. The molecule has 17 nitrogen and oxygen atoms in total. The number of carbonyl (C=O) groups excluding carboxylic acids is 4. The number of phosphoric ester groups is 2. The van der Waals surface area contributed by atoms with Crippen LogP contribution in [0.15, 0.2) is 0 Å². The minimum Gasteiger partial charge on any atom is -0.462 e. The molecule has 0 spiro atoms. The van der Waals surface area contributed by atoms with Gasteiger partial charge in [0.2, 0.25) is 0 Å². The maximum Gasteiger partial charge on any atom is 0.472 e. The van der Waals surface area contributed by atoms with Crippen LogP contribution in [0, 0.1) is 23.7 Å². The molecule has 8 atom stereocenters. The monoisotopic (exact) mass is 1540 g/mol. The molecule has 0 aliphatic carbocycles. The van der Waals surface area contributed by atoms with Crippen molar-refractivity contribution < 1.29 is 80.2 Å². The fourth-order valence-corrected chi connectivity index (χ4v) is 14.8. The highest BCUT2D eigenvalue weighted by molar-refractivity contribution is 7.47. The molecule has 0 rings (SSSR count). The Hall–Kier alpha value is -1.94. The van der Waals surface area contributed by atoms with Gasteiger partial charge in [0.05, 0.1) is 26.4 Å². The van der Waals surface area contributed by atoms with Crippen LogP contribution in [0.25, 0.3) is 0 Å². The summed E-state index contributed by atoms with van der Waals surface area (Å²) in [6.45, 7) is 14.4. The fraction of sp³-hybridized carbons (Fsp3) is 0.953. The first-order chi connectivity index (χ1) is 50.7. The van der Waals surface area contributed by atoms with Gasteiger partial charge in [0, 0.05) is 25.7 Å². The molecule has 0 radical (unpaired) electrons. The number of esters is 4. The first-order valence-electron chi connectivity index (χ1n) is 44.3. The van der Waals surface area contributed by atoms with Gasteiger partial charge in [-0.15, -0.1) is 0 Å². The SMILES string of the molecule is CCC(C)CCCCCCCCCCCCCCCCC(=O)OC[C@H](COP(=O)(O)OC[C@@H](O)COP(=O)(O)OC[C@@H](COC(=O)CCCCCCCCC(C)CC)OC(=O)CCCCCCCCCCCCCCCCC(C)CC)OC(=O)CCCCCCCCCCCCCCCCCCC(C)C. The molecule has 0 aromatic heterocycles. The largest absolute Gasteiger partial charge is 0.472 e. The van der Waals surface area contributed by atoms with Crippen LogP contribution in [0.5, 0.6) is 0 Å². The van der Waals surface area contributed by atoms with E-state index in [0.29, 0.717) is 25.7 Å². The fourth-order valence-electron chi connectivity index (χ4n) is 13.2. The van der Waals surface area contributed by atoms with Crippen LogP contribution in [0.1, 0.15) is 447 Å². The normalized spacial score (nSPS) is 14.7. The molecular formula is C86H168O17P2. The van der Waals surface area contributed by atoms with E-state index in [1.807, 2.05) is 0 Å². The Morgan fingerprint density at radius 2 is 0.457 bits per heavy atom. The topological polar surface area (TPSA) is 237 Å². The van der Waals surface area contributed by atoms with Crippen LogP contribution in [-0.2, 0) is 65.4 Å². The standard InChI is InChI=1S/C86H168O17P2/c1-9-77(6)63-55-47-39-33-27-21-16-18-23-29-35-41-50-58-66-83(88)96-72-81(102-85(90)68-60-52-42-36-30-24-15-13-12-14-20-26-32-38-46-54-62-76(4)5)74-100-104(92,93)98-70-80(87)71-99-105(94,95)101-75-82(73-97-84(89)67-59-51-45-44-49-57-65-79(8)11-3)103-86(91)69-61-53-43-37-31-25-19-17-22-28-34-40-48-56-64-78(7)10-2/h76-82,87H,9-75H2,1-8H3,(H,92,93)(H,94,95)/t77?,78?,79?,80-,81-,82-/m1/s1. The molecule has 105 heavy (non-hydrogen) atoms. The Kier molecular flexibility index (Phi) is 73.4. The summed E-state index contributed by atoms with van der Waals surface area (Å²) in [6, 6.07) is 0. The number of ether oxygens (including phenoxy) is 4. The molecule has 0 aromatic rings. The number of aliphatic hydroxyl groups excluding tert-OH is 1. The van der Waals surface area contributed by atoms with Gasteiger partial charge in [-0.25, -0.2) is 9.13 Å². The van der Waals surface area contributed by atoms with Crippen LogP contribution in [0.3, 0.4) is 0 Å². The molecule has 0 bridgehead atoms. The van der Waals surface area contributed by atoms with E-state index in [9.17, 15) is 43.2 Å². The van der Waals surface area contributed by atoms with Crippen molar-refractivity contribution >= 4 is 39.5 Å². The Bertz CT molecular complexity index is 2050. The van der Waals surface area contributed by atoms with Crippen LogP contribution in [0.4, 0.5) is 0 Å². The first kappa shape index (κ1) is 103. The third-order valence-electron chi connectivity index (χ3n) is 21.2. The highest BCUT2D eigenvalue weighted by atomic mass is 31.2. The second kappa shape index (κ2) is 74.8. The molecule has 0 aromatic carbocycles. The van der Waals surface area contributed by atoms with E-state index >= 15 is 0 Å². The third-order valence-corrected chi connectivity index (χ3v) is 23.1. The second-order valence-electron chi connectivity index (χ2n) is 32.1. The van der Waals surface area contributed by atoms with Crippen LogP contribution in [-0.4, -0.2) is 96.7 Å². The van der Waals surface area contributed by atoms with Crippen molar-refractivity contribution in [1.29, 1.82) is 0 Å². The zero-order chi connectivity index (χ0) is 77.4. The summed E-state index contributed by atoms with van der Waals surface area (Å²) in [5.74, 6) is 1.13. The van der Waals surface area contributed by atoms with E-state index in [4.69, 9.17) is 37.0 Å². The Balaban J connectivity index is 5.25. The first-order valence-corrected chi connectivity index (χ1v) is 47.3. The molecule has 0 amide bonds. The van der Waals surface area contributed by atoms with Gasteiger partial charge < -0.3 is 33.8 Å². The maximum atomic E-state index is 13.1. The van der Waals surface area contributed by atoms with Gasteiger partial charge >= 0.3 is 39.5 Å². The van der Waals surface area contributed by atoms with Gasteiger partial charge in [0.1, 0.15) is 19.3 Å². The predicted molar refractivity (Wildman–Crippen MR) is 432 cm³/mol. The number of unbranched alkanes of at least 4 members (excludes halogenated alkanes) is 46. The van der Waals surface area contributed by atoms with E-state index < -0.39 is 97.5 Å². The average molecular weight is 1540 g/mol. The summed E-state index contributed by atoms with van der Waals surface area (Å²) >= 11 is 0. The minimum absolute atomic E-state index is 0.107. The number of aliphatic hydroxyl groups is 1. The van der Waals surface area contributed by atoms with Crippen molar-refractivity contribution in [2.75, 3.05) is 39.6 Å². The molecule has 0 heterocycles. The van der Waals surface area contributed by atoms with E-state index in [0.717, 1.165) is 120 Å². The summed E-state index contributed by atoms with van der Waals surface area (Å²) in [6.07, 6.45) is 63.7. The van der Waals surface area contributed by atoms with E-state index in [-0.39, 0.29) is 25.7 Å². The lowest BCUT2D eigenvalue weighted by Gasteiger charge is -2.21. The lowest BCUT2D eigenvalue weighted by Crippen LogP contribution is -2.30. The highest BCUT2D eigenvalue weighted by Gasteiger charge is 2.31. The van der Waals surface area contributed by atoms with Crippen molar-refractivity contribution in [3.8, 4) is 0 Å². The lowest BCUT2D eigenvalue weighted by molar-refractivity contribution is -0.161. The number of rotatable bonds is 83. The van der Waals surface area contributed by atoms with Gasteiger partial charge in [0.25, 0.3) is 0 Å². The Morgan fingerprint density at radius 1 is 0.267 bits per heavy atom. The van der Waals surface area contributed by atoms with Crippen LogP contribution >= 0.6 is 15.6 Å². The van der Waals surface area contributed by atoms with E-state index in [2.05, 4.69) is 55.4 Å². The van der Waals surface area contributed by atoms with Gasteiger partial charge in [-0.05, 0) is 49.4 Å². The van der Waals surface area contributed by atoms with Crippen molar-refractivity contribution in [3.63, 3.8) is 0 Å². The number of phosphoric acid groups is 2. The van der Waals surface area contributed by atoms with Crippen molar-refractivity contribution in [1.82, 2.24) is 0 Å². The van der Waals surface area contributed by atoms with E-state index in [1.165, 1.54) is 244 Å². The molecule has 19 heteroatoms. The predicted octanol–water partition coefficient (Wildman–Crippen LogP) is 25.9.